The van der Waals surface area contributed by atoms with Crippen molar-refractivity contribution in [3.05, 3.63) is 23.3 Å². The van der Waals surface area contributed by atoms with Crippen molar-refractivity contribution in [1.29, 1.82) is 0 Å². The van der Waals surface area contributed by atoms with Gasteiger partial charge in [-0.2, -0.15) is 0 Å². The molecule has 0 aliphatic carbocycles. The summed E-state index contributed by atoms with van der Waals surface area (Å²) in [5, 5.41) is 10.9. The summed E-state index contributed by atoms with van der Waals surface area (Å²) in [5.41, 5.74) is 1.35. The van der Waals surface area contributed by atoms with E-state index in [0.29, 0.717) is 0 Å². The summed E-state index contributed by atoms with van der Waals surface area (Å²) in [5.74, 6) is 0. The van der Waals surface area contributed by atoms with Gasteiger partial charge in [-0.1, -0.05) is 26.0 Å². The van der Waals surface area contributed by atoms with Crippen LogP contribution in [0.25, 0.3) is 0 Å². The Hall–Kier alpha value is -0.600. The van der Waals surface area contributed by atoms with Crippen molar-refractivity contribution in [2.75, 3.05) is 19.6 Å². The predicted molar refractivity (Wildman–Crippen MR) is 80.8 cm³/mol. The van der Waals surface area contributed by atoms with Crippen LogP contribution in [0.2, 0.25) is 0 Å². The minimum absolute atomic E-state index is 0.753. The van der Waals surface area contributed by atoms with E-state index in [4.69, 9.17) is 0 Å². The minimum Gasteiger partial charge on any atom is -0.381 e. The molecule has 1 atom stereocenters. The van der Waals surface area contributed by atoms with Gasteiger partial charge in [-0.15, -0.1) is 0 Å². The summed E-state index contributed by atoms with van der Waals surface area (Å²) < 4.78 is 0. The topological polar surface area (TPSA) is 23.5 Å². The van der Waals surface area contributed by atoms with Crippen LogP contribution >= 0.6 is 0 Å². The molecule has 0 aliphatic rings. The molecule has 0 bridgehead atoms. The Bertz CT molecular complexity index is 269. The molecule has 0 heterocycles. The Labute approximate surface area is 113 Å². The zero-order valence-electron chi connectivity index (χ0n) is 13.1. The summed E-state index contributed by atoms with van der Waals surface area (Å²) in [6.45, 7) is 15.6. The Kier molecular flexibility index (Phi) is 8.21. The number of rotatable bonds is 8. The van der Waals surface area contributed by atoms with Crippen LogP contribution in [0.15, 0.2) is 23.3 Å². The van der Waals surface area contributed by atoms with Gasteiger partial charge in [-0.05, 0) is 71.3 Å². The Morgan fingerprint density at radius 1 is 1.06 bits per heavy atom. The van der Waals surface area contributed by atoms with Crippen molar-refractivity contribution in [2.24, 2.45) is 0 Å². The molecule has 0 amide bonds. The van der Waals surface area contributed by atoms with Gasteiger partial charge >= 0.3 is 0 Å². The Balaban J connectivity index is 4.64. The lowest BCUT2D eigenvalue weighted by Crippen LogP contribution is -2.33. The summed E-state index contributed by atoms with van der Waals surface area (Å²) in [6.07, 6.45) is 5.86. The fourth-order valence-electron chi connectivity index (χ4n) is 2.28. The normalized spacial score (nSPS) is 17.1. The van der Waals surface area contributed by atoms with Crippen LogP contribution in [0, 0.1) is 0 Å². The van der Waals surface area contributed by atoms with Crippen LogP contribution in [0.5, 0.6) is 0 Å². The second-order valence-electron chi connectivity index (χ2n) is 4.93. The Morgan fingerprint density at radius 2 is 1.50 bits per heavy atom. The molecule has 0 rings (SSSR count). The van der Waals surface area contributed by atoms with E-state index in [9.17, 15) is 5.11 Å². The summed E-state index contributed by atoms with van der Waals surface area (Å²) >= 11 is 0. The second kappa shape index (κ2) is 8.49. The van der Waals surface area contributed by atoms with Crippen molar-refractivity contribution >= 4 is 0 Å². The highest BCUT2D eigenvalue weighted by atomic mass is 16.3. The van der Waals surface area contributed by atoms with Gasteiger partial charge in [0.15, 0.2) is 0 Å². The number of hydrogen-bond donors (Lipinski definition) is 1. The molecule has 0 fully saturated rings. The standard InChI is InChI=1S/C16H31NO/c1-7-14(5)16(18,15(6)8-2)12-11-13-17(9-3)10-4/h7-8,18H,9-13H2,1-6H3/b14-7-,15-8+. The molecule has 2 heteroatoms. The van der Waals surface area contributed by atoms with Gasteiger partial charge in [0.1, 0.15) is 5.60 Å². The predicted octanol–water partition coefficient (Wildman–Crippen LogP) is 3.77. The lowest BCUT2D eigenvalue weighted by Gasteiger charge is -2.31. The molecule has 106 valence electrons. The molecule has 0 radical (unpaired) electrons. The maximum atomic E-state index is 10.9. The quantitative estimate of drug-likeness (QED) is 0.666. The second-order valence-corrected chi connectivity index (χ2v) is 4.93. The first-order valence-electron chi connectivity index (χ1n) is 7.17. The van der Waals surface area contributed by atoms with Gasteiger partial charge in [-0.25, -0.2) is 0 Å². The minimum atomic E-state index is -0.753. The smallest absolute Gasteiger partial charge is 0.106 e. The molecule has 0 aliphatic heterocycles. The zero-order chi connectivity index (χ0) is 14.2. The highest BCUT2D eigenvalue weighted by Gasteiger charge is 2.29. The number of aliphatic hydroxyl groups is 1. The molecule has 0 saturated heterocycles. The molecule has 0 aromatic rings. The van der Waals surface area contributed by atoms with E-state index in [2.05, 4.69) is 18.7 Å². The van der Waals surface area contributed by atoms with Crippen molar-refractivity contribution in [2.45, 2.75) is 60.0 Å². The maximum Gasteiger partial charge on any atom is 0.106 e. The Morgan fingerprint density at radius 3 is 1.83 bits per heavy atom. The van der Waals surface area contributed by atoms with E-state index in [1.165, 1.54) is 0 Å². The average molecular weight is 253 g/mol. The zero-order valence-corrected chi connectivity index (χ0v) is 13.1. The van der Waals surface area contributed by atoms with Gasteiger partial charge in [0.2, 0.25) is 0 Å². The van der Waals surface area contributed by atoms with Crippen molar-refractivity contribution < 1.29 is 5.11 Å². The van der Waals surface area contributed by atoms with Gasteiger partial charge in [0.05, 0.1) is 0 Å². The van der Waals surface area contributed by atoms with Crippen molar-refractivity contribution in [3.8, 4) is 0 Å². The first-order chi connectivity index (χ1) is 8.46. The molecule has 2 nitrogen and oxygen atoms in total. The molecule has 0 aromatic heterocycles. The van der Waals surface area contributed by atoms with E-state index in [0.717, 1.165) is 43.6 Å². The fourth-order valence-corrected chi connectivity index (χ4v) is 2.28. The largest absolute Gasteiger partial charge is 0.381 e. The van der Waals surface area contributed by atoms with Crippen LogP contribution in [-0.4, -0.2) is 35.2 Å². The van der Waals surface area contributed by atoms with Gasteiger partial charge < -0.3 is 10.0 Å². The van der Waals surface area contributed by atoms with Crippen molar-refractivity contribution in [3.63, 3.8) is 0 Å². The molecule has 0 saturated carbocycles. The molecule has 1 N–H and O–H groups in total. The van der Waals surface area contributed by atoms with E-state index < -0.39 is 5.60 Å². The molecule has 0 spiro atoms. The van der Waals surface area contributed by atoms with Gasteiger partial charge in [-0.3, -0.25) is 0 Å². The third kappa shape index (κ3) is 4.58. The SMILES string of the molecule is C/C=C(/C)C(O)(CCCN(CC)CC)/C(C)=C/C. The van der Waals surface area contributed by atoms with E-state index in [1.807, 2.05) is 39.8 Å². The van der Waals surface area contributed by atoms with Crippen LogP contribution in [0.1, 0.15) is 54.4 Å². The van der Waals surface area contributed by atoms with E-state index in [-0.39, 0.29) is 0 Å². The van der Waals surface area contributed by atoms with Crippen LogP contribution in [-0.2, 0) is 0 Å². The van der Waals surface area contributed by atoms with E-state index in [1.54, 1.807) is 0 Å². The maximum absolute atomic E-state index is 10.9. The van der Waals surface area contributed by atoms with Gasteiger partial charge in [0, 0.05) is 0 Å². The average Bonchev–Trinajstić information content (AvgIpc) is 2.41. The third-order valence-electron chi connectivity index (χ3n) is 4.08. The first-order valence-corrected chi connectivity index (χ1v) is 7.17. The molecule has 1 unspecified atom stereocenters. The molecular formula is C16H31NO. The monoisotopic (exact) mass is 253 g/mol. The summed E-state index contributed by atoms with van der Waals surface area (Å²) in [6, 6.07) is 0. The molecule has 18 heavy (non-hydrogen) atoms. The fraction of sp³-hybridized carbons (Fsp3) is 0.750. The highest BCUT2D eigenvalue weighted by molar-refractivity contribution is 5.29. The summed E-state index contributed by atoms with van der Waals surface area (Å²) in [7, 11) is 0. The first kappa shape index (κ1) is 17.4. The highest BCUT2D eigenvalue weighted by Crippen LogP contribution is 2.30. The third-order valence-corrected chi connectivity index (χ3v) is 4.08. The number of allylic oxidation sites excluding steroid dienone is 2. The molecule has 0 aromatic carbocycles. The van der Waals surface area contributed by atoms with Gasteiger partial charge in [0.25, 0.3) is 0 Å². The van der Waals surface area contributed by atoms with E-state index >= 15 is 0 Å². The lowest BCUT2D eigenvalue weighted by atomic mass is 9.83. The number of hydrogen-bond acceptors (Lipinski definition) is 2. The lowest BCUT2D eigenvalue weighted by molar-refractivity contribution is 0.0994. The van der Waals surface area contributed by atoms with Crippen LogP contribution in [0.4, 0.5) is 0 Å². The number of nitrogens with zero attached hydrogens (tertiary/aromatic N) is 1. The molecular weight excluding hydrogens is 222 g/mol. The van der Waals surface area contributed by atoms with Crippen LogP contribution < -0.4 is 0 Å². The van der Waals surface area contributed by atoms with Crippen LogP contribution in [0.3, 0.4) is 0 Å². The summed E-state index contributed by atoms with van der Waals surface area (Å²) in [4.78, 5) is 2.40. The van der Waals surface area contributed by atoms with Crippen molar-refractivity contribution in [1.82, 2.24) is 4.90 Å².